The van der Waals surface area contributed by atoms with Crippen molar-refractivity contribution in [2.45, 2.75) is 12.2 Å². The zero-order valence-electron chi connectivity index (χ0n) is 10.6. The number of benzene rings is 2. The Kier molecular flexibility index (Phi) is 3.21. The normalized spacial score (nSPS) is 22.0. The summed E-state index contributed by atoms with van der Waals surface area (Å²) >= 11 is 0. The van der Waals surface area contributed by atoms with Crippen LogP contribution in [0.4, 0.5) is 0 Å². The SMILES string of the molecule is O=C1O[C@H](c2ccccc2)C(=O)O[C@@H]1c1ccccc1. The van der Waals surface area contributed by atoms with E-state index in [1.54, 1.807) is 48.5 Å². The number of carbonyl (C=O) groups is 2. The molecular formula is C16H12O4. The van der Waals surface area contributed by atoms with E-state index in [-0.39, 0.29) is 0 Å². The largest absolute Gasteiger partial charge is 0.442 e. The van der Waals surface area contributed by atoms with Gasteiger partial charge in [-0.15, -0.1) is 0 Å². The second-order valence-corrected chi connectivity index (χ2v) is 4.46. The fourth-order valence-electron chi connectivity index (χ4n) is 2.12. The summed E-state index contributed by atoms with van der Waals surface area (Å²) in [6.45, 7) is 0. The summed E-state index contributed by atoms with van der Waals surface area (Å²) in [5.74, 6) is -1.10. The second kappa shape index (κ2) is 5.17. The highest BCUT2D eigenvalue weighted by atomic mass is 16.6. The molecule has 0 N–H and O–H groups in total. The van der Waals surface area contributed by atoms with Gasteiger partial charge in [0, 0.05) is 11.1 Å². The molecule has 1 fully saturated rings. The van der Waals surface area contributed by atoms with E-state index >= 15 is 0 Å². The molecule has 4 heteroatoms. The first-order valence-electron chi connectivity index (χ1n) is 6.26. The van der Waals surface area contributed by atoms with E-state index in [1.165, 1.54) is 0 Å². The van der Waals surface area contributed by atoms with Crippen LogP contribution in [0.5, 0.6) is 0 Å². The summed E-state index contributed by atoms with van der Waals surface area (Å²) in [5, 5.41) is 0. The van der Waals surface area contributed by atoms with Crippen LogP contribution >= 0.6 is 0 Å². The predicted octanol–water partition coefficient (Wildman–Crippen LogP) is 2.57. The molecular weight excluding hydrogens is 256 g/mol. The highest BCUT2D eigenvalue weighted by molar-refractivity contribution is 5.89. The second-order valence-electron chi connectivity index (χ2n) is 4.46. The van der Waals surface area contributed by atoms with E-state index in [4.69, 9.17) is 9.47 Å². The number of ether oxygens (including phenoxy) is 2. The minimum atomic E-state index is -0.983. The van der Waals surface area contributed by atoms with Crippen molar-refractivity contribution in [3.8, 4) is 0 Å². The van der Waals surface area contributed by atoms with Gasteiger partial charge in [0.1, 0.15) is 0 Å². The van der Waals surface area contributed by atoms with Crippen LogP contribution in [0.25, 0.3) is 0 Å². The monoisotopic (exact) mass is 268 g/mol. The Labute approximate surface area is 115 Å². The van der Waals surface area contributed by atoms with Gasteiger partial charge in [0.25, 0.3) is 0 Å². The van der Waals surface area contributed by atoms with Crippen LogP contribution in [0.3, 0.4) is 0 Å². The molecule has 0 bridgehead atoms. The van der Waals surface area contributed by atoms with Crippen LogP contribution in [0.2, 0.25) is 0 Å². The molecule has 1 saturated heterocycles. The summed E-state index contributed by atoms with van der Waals surface area (Å²) in [4.78, 5) is 24.0. The first-order chi connectivity index (χ1) is 9.75. The van der Waals surface area contributed by atoms with Crippen LogP contribution in [0.1, 0.15) is 23.3 Å². The third-order valence-electron chi connectivity index (χ3n) is 3.10. The van der Waals surface area contributed by atoms with Crippen molar-refractivity contribution in [2.24, 2.45) is 0 Å². The summed E-state index contributed by atoms with van der Waals surface area (Å²) in [7, 11) is 0. The van der Waals surface area contributed by atoms with Crippen LogP contribution in [-0.4, -0.2) is 11.9 Å². The van der Waals surface area contributed by atoms with Crippen molar-refractivity contribution in [2.75, 3.05) is 0 Å². The van der Waals surface area contributed by atoms with E-state index in [2.05, 4.69) is 0 Å². The molecule has 0 amide bonds. The Balaban J connectivity index is 1.84. The number of hydrogen-bond donors (Lipinski definition) is 0. The minimum absolute atomic E-state index is 0.551. The molecule has 2 atom stereocenters. The molecule has 20 heavy (non-hydrogen) atoms. The maximum Gasteiger partial charge on any atom is 0.353 e. The Morgan fingerprint density at radius 2 is 0.950 bits per heavy atom. The molecule has 1 aliphatic rings. The molecule has 3 rings (SSSR count). The van der Waals surface area contributed by atoms with Gasteiger partial charge in [-0.3, -0.25) is 0 Å². The molecule has 0 aliphatic carbocycles. The van der Waals surface area contributed by atoms with Gasteiger partial charge in [0.2, 0.25) is 12.2 Å². The van der Waals surface area contributed by atoms with Gasteiger partial charge < -0.3 is 9.47 Å². The van der Waals surface area contributed by atoms with E-state index < -0.39 is 24.1 Å². The highest BCUT2D eigenvalue weighted by Crippen LogP contribution is 2.31. The number of carbonyl (C=O) groups excluding carboxylic acids is 2. The van der Waals surface area contributed by atoms with Gasteiger partial charge in [-0.1, -0.05) is 60.7 Å². The quantitative estimate of drug-likeness (QED) is 0.785. The topological polar surface area (TPSA) is 52.6 Å². The van der Waals surface area contributed by atoms with Crippen LogP contribution in [-0.2, 0) is 19.1 Å². The number of hydrogen-bond acceptors (Lipinski definition) is 4. The molecule has 100 valence electrons. The lowest BCUT2D eigenvalue weighted by molar-refractivity contribution is -0.196. The minimum Gasteiger partial charge on any atom is -0.442 e. The first kappa shape index (κ1) is 12.4. The Morgan fingerprint density at radius 3 is 1.30 bits per heavy atom. The summed E-state index contributed by atoms with van der Waals surface area (Å²) in [5.41, 5.74) is 1.22. The molecule has 2 aromatic rings. The molecule has 0 radical (unpaired) electrons. The van der Waals surface area contributed by atoms with Crippen molar-refractivity contribution in [3.05, 3.63) is 71.8 Å². The van der Waals surface area contributed by atoms with Crippen molar-refractivity contribution >= 4 is 11.9 Å². The van der Waals surface area contributed by atoms with Crippen molar-refractivity contribution in [1.82, 2.24) is 0 Å². The smallest absolute Gasteiger partial charge is 0.353 e. The number of cyclic esters (lactones) is 2. The average Bonchev–Trinajstić information content (AvgIpc) is 2.51. The summed E-state index contributed by atoms with van der Waals surface area (Å²) in [6, 6.07) is 17.7. The van der Waals surface area contributed by atoms with E-state index in [0.717, 1.165) is 0 Å². The third-order valence-corrected chi connectivity index (χ3v) is 3.10. The lowest BCUT2D eigenvalue weighted by atomic mass is 10.1. The summed E-state index contributed by atoms with van der Waals surface area (Å²) < 4.78 is 10.5. The molecule has 0 spiro atoms. The van der Waals surface area contributed by atoms with Crippen LogP contribution < -0.4 is 0 Å². The first-order valence-corrected chi connectivity index (χ1v) is 6.26. The molecule has 0 unspecified atom stereocenters. The van der Waals surface area contributed by atoms with E-state index in [9.17, 15) is 9.59 Å². The fraction of sp³-hybridized carbons (Fsp3) is 0.125. The maximum absolute atomic E-state index is 12.0. The van der Waals surface area contributed by atoms with Gasteiger partial charge in [0.15, 0.2) is 0 Å². The van der Waals surface area contributed by atoms with E-state index in [1.807, 2.05) is 12.1 Å². The predicted molar refractivity (Wildman–Crippen MR) is 70.6 cm³/mol. The zero-order chi connectivity index (χ0) is 13.9. The van der Waals surface area contributed by atoms with Gasteiger partial charge in [-0.2, -0.15) is 0 Å². The van der Waals surface area contributed by atoms with Gasteiger partial charge in [-0.05, 0) is 0 Å². The lowest BCUT2D eigenvalue weighted by Crippen LogP contribution is -2.34. The Bertz CT molecular complexity index is 564. The fourth-order valence-corrected chi connectivity index (χ4v) is 2.12. The Morgan fingerprint density at radius 1 is 0.600 bits per heavy atom. The molecule has 1 aliphatic heterocycles. The summed E-state index contributed by atoms with van der Waals surface area (Å²) in [6.07, 6.45) is -1.97. The molecule has 0 saturated carbocycles. The van der Waals surface area contributed by atoms with Gasteiger partial charge in [0.05, 0.1) is 0 Å². The van der Waals surface area contributed by atoms with Crippen molar-refractivity contribution < 1.29 is 19.1 Å². The molecule has 4 nitrogen and oxygen atoms in total. The molecule has 1 heterocycles. The van der Waals surface area contributed by atoms with Crippen molar-refractivity contribution in [3.63, 3.8) is 0 Å². The standard InChI is InChI=1S/C16H12O4/c17-15-13(11-7-3-1-4-8-11)19-16(18)14(20-15)12-9-5-2-6-10-12/h1-10,13-14H/t13-,14-/m1/s1. The maximum atomic E-state index is 12.0. The van der Waals surface area contributed by atoms with Gasteiger partial charge in [-0.25, -0.2) is 9.59 Å². The number of esters is 2. The van der Waals surface area contributed by atoms with E-state index in [0.29, 0.717) is 11.1 Å². The van der Waals surface area contributed by atoms with Crippen molar-refractivity contribution in [1.29, 1.82) is 0 Å². The highest BCUT2D eigenvalue weighted by Gasteiger charge is 2.39. The Hall–Kier alpha value is -2.62. The van der Waals surface area contributed by atoms with Crippen LogP contribution in [0, 0.1) is 0 Å². The van der Waals surface area contributed by atoms with Gasteiger partial charge >= 0.3 is 11.9 Å². The zero-order valence-corrected chi connectivity index (χ0v) is 10.6. The third kappa shape index (κ3) is 2.28. The lowest BCUT2D eigenvalue weighted by Gasteiger charge is -2.27. The van der Waals surface area contributed by atoms with Crippen LogP contribution in [0.15, 0.2) is 60.7 Å². The average molecular weight is 268 g/mol. The number of rotatable bonds is 2. The molecule has 0 aromatic heterocycles. The molecule has 2 aromatic carbocycles.